The molecule has 0 bridgehead atoms. The fourth-order valence-electron chi connectivity index (χ4n) is 2.28. The highest BCUT2D eigenvalue weighted by Crippen LogP contribution is 2.32. The summed E-state index contributed by atoms with van der Waals surface area (Å²) in [5, 5.41) is 0.783. The fraction of sp³-hybridized carbons (Fsp3) is 0.133. The molecule has 108 valence electrons. The Bertz CT molecular complexity index is 928. The van der Waals surface area contributed by atoms with Crippen molar-refractivity contribution in [2.75, 3.05) is 0 Å². The Morgan fingerprint density at radius 3 is 2.43 bits per heavy atom. The van der Waals surface area contributed by atoms with Gasteiger partial charge in [0.2, 0.25) is 0 Å². The zero-order valence-corrected chi connectivity index (χ0v) is 13.9. The second kappa shape index (κ2) is 4.96. The summed E-state index contributed by atoms with van der Waals surface area (Å²) in [4.78, 5) is 4.48. The number of nitrogens with zero attached hydrogens (tertiary/aromatic N) is 2. The van der Waals surface area contributed by atoms with Crippen LogP contribution in [0.15, 0.2) is 52.0 Å². The quantitative estimate of drug-likeness (QED) is 0.697. The third-order valence-corrected chi connectivity index (χ3v) is 6.19. The Morgan fingerprint density at radius 1 is 1.10 bits per heavy atom. The van der Waals surface area contributed by atoms with Crippen molar-refractivity contribution < 1.29 is 8.42 Å². The molecule has 6 heteroatoms. The van der Waals surface area contributed by atoms with E-state index in [9.17, 15) is 8.42 Å². The van der Waals surface area contributed by atoms with Crippen LogP contribution >= 0.6 is 15.9 Å². The zero-order chi connectivity index (χ0) is 15.2. The predicted octanol–water partition coefficient (Wildman–Crippen LogP) is 3.65. The molecule has 0 saturated carbocycles. The smallest absolute Gasteiger partial charge is 0.237 e. The lowest BCUT2D eigenvalue weighted by molar-refractivity contribution is 0.587. The molecule has 0 aliphatic rings. The first kappa shape index (κ1) is 14.3. The molecule has 21 heavy (non-hydrogen) atoms. The lowest BCUT2D eigenvalue weighted by Gasteiger charge is -2.09. The summed E-state index contributed by atoms with van der Waals surface area (Å²) in [5.41, 5.74) is 2.06. The Hall–Kier alpha value is -1.66. The molecule has 0 aliphatic heterocycles. The molecule has 0 N–H and O–H groups in total. The SMILES string of the molecule is Cc1ccc(S(=O)(=O)n2c(C)c(Br)c3cccnc32)cc1. The van der Waals surface area contributed by atoms with Gasteiger partial charge in [0.15, 0.2) is 5.65 Å². The van der Waals surface area contributed by atoms with E-state index >= 15 is 0 Å². The highest BCUT2D eigenvalue weighted by atomic mass is 79.9. The van der Waals surface area contributed by atoms with E-state index < -0.39 is 10.0 Å². The van der Waals surface area contributed by atoms with E-state index in [1.165, 1.54) is 3.97 Å². The monoisotopic (exact) mass is 364 g/mol. The minimum atomic E-state index is -3.67. The topological polar surface area (TPSA) is 52.0 Å². The van der Waals surface area contributed by atoms with Gasteiger partial charge in [0.05, 0.1) is 4.90 Å². The molecule has 0 radical (unpaired) electrons. The number of fused-ring (bicyclic) bond motifs is 1. The summed E-state index contributed by atoms with van der Waals surface area (Å²) in [6.45, 7) is 3.68. The number of aryl methyl sites for hydroxylation is 1. The maximum absolute atomic E-state index is 12.9. The summed E-state index contributed by atoms with van der Waals surface area (Å²) in [6, 6.07) is 10.4. The van der Waals surface area contributed by atoms with Crippen LogP contribution in [0.2, 0.25) is 0 Å². The molecule has 0 atom stereocenters. The van der Waals surface area contributed by atoms with Gasteiger partial charge in [-0.25, -0.2) is 17.4 Å². The van der Waals surface area contributed by atoms with Gasteiger partial charge in [-0.15, -0.1) is 0 Å². The largest absolute Gasteiger partial charge is 0.269 e. The number of benzene rings is 1. The van der Waals surface area contributed by atoms with Crippen LogP contribution in [0, 0.1) is 13.8 Å². The third-order valence-electron chi connectivity index (χ3n) is 3.40. The zero-order valence-electron chi connectivity index (χ0n) is 11.5. The van der Waals surface area contributed by atoms with Gasteiger partial charge < -0.3 is 0 Å². The molecule has 0 spiro atoms. The maximum Gasteiger partial charge on any atom is 0.269 e. The molecule has 4 nitrogen and oxygen atoms in total. The molecule has 3 rings (SSSR count). The van der Waals surface area contributed by atoms with Crippen LogP contribution in [-0.2, 0) is 10.0 Å². The average molecular weight is 365 g/mol. The van der Waals surface area contributed by atoms with E-state index in [4.69, 9.17) is 0 Å². The van der Waals surface area contributed by atoms with Crippen molar-refractivity contribution in [3.8, 4) is 0 Å². The molecular weight excluding hydrogens is 352 g/mol. The summed E-state index contributed by atoms with van der Waals surface area (Å²) in [6.07, 6.45) is 1.59. The van der Waals surface area contributed by atoms with Crippen LogP contribution in [0.4, 0.5) is 0 Å². The van der Waals surface area contributed by atoms with Crippen molar-refractivity contribution in [1.29, 1.82) is 0 Å². The van der Waals surface area contributed by atoms with Gasteiger partial charge in [0.25, 0.3) is 10.0 Å². The molecule has 0 saturated heterocycles. The van der Waals surface area contributed by atoms with Crippen molar-refractivity contribution in [3.05, 3.63) is 58.3 Å². The standard InChI is InChI=1S/C15H13BrN2O2S/c1-10-5-7-12(8-6-10)21(19,20)18-11(2)14(16)13-4-3-9-17-15(13)18/h3-9H,1-2H3. The van der Waals surface area contributed by atoms with Crippen LogP contribution in [0.3, 0.4) is 0 Å². The van der Waals surface area contributed by atoms with Crippen molar-refractivity contribution in [1.82, 2.24) is 8.96 Å². The maximum atomic E-state index is 12.9. The summed E-state index contributed by atoms with van der Waals surface area (Å²) < 4.78 is 27.8. The number of aromatic nitrogens is 2. The Labute approximate surface area is 131 Å². The van der Waals surface area contributed by atoms with Crippen LogP contribution in [0.1, 0.15) is 11.3 Å². The van der Waals surface area contributed by atoms with E-state index in [0.29, 0.717) is 11.3 Å². The molecular formula is C15H13BrN2O2S. The van der Waals surface area contributed by atoms with Crippen molar-refractivity contribution >= 4 is 37.0 Å². The van der Waals surface area contributed by atoms with Gasteiger partial charge in [-0.1, -0.05) is 17.7 Å². The summed E-state index contributed by atoms with van der Waals surface area (Å²) in [5.74, 6) is 0. The molecule has 0 fully saturated rings. The first-order chi connectivity index (χ1) is 9.93. The van der Waals surface area contributed by atoms with Crippen LogP contribution < -0.4 is 0 Å². The number of halogens is 1. The Morgan fingerprint density at radius 2 is 1.76 bits per heavy atom. The van der Waals surface area contributed by atoms with E-state index in [0.717, 1.165) is 15.4 Å². The minimum absolute atomic E-state index is 0.256. The van der Waals surface area contributed by atoms with Gasteiger partial charge in [-0.2, -0.15) is 0 Å². The van der Waals surface area contributed by atoms with Crippen molar-refractivity contribution in [2.45, 2.75) is 18.7 Å². The second-order valence-electron chi connectivity index (χ2n) is 4.86. The average Bonchev–Trinajstić information content (AvgIpc) is 2.72. The van der Waals surface area contributed by atoms with Gasteiger partial charge in [0.1, 0.15) is 0 Å². The second-order valence-corrected chi connectivity index (χ2v) is 7.44. The fourth-order valence-corrected chi connectivity index (χ4v) is 4.40. The van der Waals surface area contributed by atoms with Crippen LogP contribution in [-0.4, -0.2) is 17.4 Å². The lowest BCUT2D eigenvalue weighted by atomic mass is 10.2. The molecule has 0 amide bonds. The van der Waals surface area contributed by atoms with Gasteiger partial charge >= 0.3 is 0 Å². The predicted molar refractivity (Wildman–Crippen MR) is 85.9 cm³/mol. The van der Waals surface area contributed by atoms with Gasteiger partial charge in [-0.3, -0.25) is 0 Å². The van der Waals surface area contributed by atoms with Crippen molar-refractivity contribution in [3.63, 3.8) is 0 Å². The molecule has 3 aromatic rings. The van der Waals surface area contributed by atoms with Crippen molar-refractivity contribution in [2.24, 2.45) is 0 Å². The molecule has 0 aliphatic carbocycles. The highest BCUT2D eigenvalue weighted by molar-refractivity contribution is 9.10. The molecule has 2 aromatic heterocycles. The summed E-state index contributed by atoms with van der Waals surface area (Å²) in [7, 11) is -3.67. The normalized spacial score (nSPS) is 12.0. The number of hydrogen-bond donors (Lipinski definition) is 0. The van der Waals surface area contributed by atoms with Gasteiger partial charge in [-0.05, 0) is 54.0 Å². The Kier molecular flexibility index (Phi) is 3.37. The molecule has 2 heterocycles. The van der Waals surface area contributed by atoms with E-state index in [1.54, 1.807) is 43.5 Å². The summed E-state index contributed by atoms with van der Waals surface area (Å²) >= 11 is 3.45. The van der Waals surface area contributed by atoms with E-state index in [2.05, 4.69) is 20.9 Å². The number of pyridine rings is 1. The van der Waals surface area contributed by atoms with Crippen LogP contribution in [0.5, 0.6) is 0 Å². The number of rotatable bonds is 2. The third kappa shape index (κ3) is 2.18. The van der Waals surface area contributed by atoms with Gasteiger partial charge in [0, 0.05) is 21.7 Å². The molecule has 1 aromatic carbocycles. The lowest BCUT2D eigenvalue weighted by Crippen LogP contribution is -2.14. The molecule has 0 unspecified atom stereocenters. The first-order valence-corrected chi connectivity index (χ1v) is 8.60. The highest BCUT2D eigenvalue weighted by Gasteiger charge is 2.24. The van der Waals surface area contributed by atoms with Crippen LogP contribution in [0.25, 0.3) is 11.0 Å². The minimum Gasteiger partial charge on any atom is -0.237 e. The first-order valence-electron chi connectivity index (χ1n) is 6.36. The number of hydrogen-bond acceptors (Lipinski definition) is 3. The van der Waals surface area contributed by atoms with E-state index in [1.807, 2.05) is 13.0 Å². The Balaban J connectivity index is 2.34. The van der Waals surface area contributed by atoms with E-state index in [-0.39, 0.29) is 4.90 Å².